The zero-order chi connectivity index (χ0) is 14.8. The summed E-state index contributed by atoms with van der Waals surface area (Å²) in [5, 5.41) is 2.41. The molecule has 0 saturated heterocycles. The molecule has 20 heavy (non-hydrogen) atoms. The van der Waals surface area contributed by atoms with Crippen molar-refractivity contribution in [2.75, 3.05) is 6.54 Å². The van der Waals surface area contributed by atoms with Gasteiger partial charge in [0.1, 0.15) is 0 Å². The molecular weight excluding hydrogens is 289 g/mol. The Morgan fingerprint density at radius 3 is 2.65 bits per heavy atom. The minimum Gasteiger partial charge on any atom is -0.336 e. The van der Waals surface area contributed by atoms with Crippen molar-refractivity contribution in [1.82, 2.24) is 19.9 Å². The van der Waals surface area contributed by atoms with E-state index in [1.165, 1.54) is 6.20 Å². The van der Waals surface area contributed by atoms with E-state index in [2.05, 4.69) is 15.3 Å². The van der Waals surface area contributed by atoms with Crippen molar-refractivity contribution in [3.8, 4) is 0 Å². The van der Waals surface area contributed by atoms with Gasteiger partial charge in [-0.3, -0.25) is 0 Å². The molecule has 0 amide bonds. The minimum absolute atomic E-state index is 0.323. The Bertz CT molecular complexity index is 561. The van der Waals surface area contributed by atoms with Gasteiger partial charge < -0.3 is 9.88 Å². The monoisotopic (exact) mass is 304 g/mol. The molecule has 0 saturated carbocycles. The summed E-state index contributed by atoms with van der Waals surface area (Å²) in [5.41, 5.74) is 0.816. The van der Waals surface area contributed by atoms with Gasteiger partial charge in [0.05, 0.1) is 24.3 Å². The number of rotatable bonds is 5. The second-order valence-electron chi connectivity index (χ2n) is 4.38. The van der Waals surface area contributed by atoms with Crippen LogP contribution in [-0.4, -0.2) is 21.1 Å². The largest absolute Gasteiger partial charge is 0.443 e. The molecule has 110 valence electrons. The number of nitrogens with zero attached hydrogens (tertiary/aromatic N) is 3. The van der Waals surface area contributed by atoms with Gasteiger partial charge in [-0.1, -0.05) is 6.92 Å². The van der Waals surface area contributed by atoms with Crippen molar-refractivity contribution in [2.24, 2.45) is 7.05 Å². The summed E-state index contributed by atoms with van der Waals surface area (Å²) >= 11 is 0.666. The lowest BCUT2D eigenvalue weighted by atomic mass is 10.2. The maximum Gasteiger partial charge on any atom is 0.443 e. The first-order chi connectivity index (χ1) is 9.43. The van der Waals surface area contributed by atoms with E-state index >= 15 is 0 Å². The van der Waals surface area contributed by atoms with Crippen LogP contribution in [0.1, 0.15) is 35.0 Å². The Morgan fingerprint density at radius 2 is 2.15 bits per heavy atom. The molecular formula is C12H15F3N4S. The summed E-state index contributed by atoms with van der Waals surface area (Å²) in [7, 11) is 1.81. The summed E-state index contributed by atoms with van der Waals surface area (Å²) in [6, 6.07) is -0.323. The molecule has 0 spiro atoms. The standard InChI is InChI=1S/C12H15F3N4S/c1-3-4-17-10(8-5-16-7-19(8)2)9-6-18-11(20-9)12(13,14)15/h5-7,10,17H,3-4H2,1-2H3. The van der Waals surface area contributed by atoms with E-state index in [0.717, 1.165) is 12.1 Å². The molecule has 0 aliphatic heterocycles. The summed E-state index contributed by atoms with van der Waals surface area (Å²) in [6.07, 6.45) is 1.06. The summed E-state index contributed by atoms with van der Waals surface area (Å²) in [4.78, 5) is 8.03. The molecule has 0 bridgehead atoms. The van der Waals surface area contributed by atoms with E-state index in [-0.39, 0.29) is 6.04 Å². The third-order valence-corrected chi connectivity index (χ3v) is 3.91. The highest BCUT2D eigenvalue weighted by atomic mass is 32.1. The highest BCUT2D eigenvalue weighted by Crippen LogP contribution is 2.35. The van der Waals surface area contributed by atoms with Gasteiger partial charge in [-0.25, -0.2) is 9.97 Å². The normalized spacial score (nSPS) is 13.7. The number of alkyl halides is 3. The minimum atomic E-state index is -4.40. The molecule has 1 unspecified atom stereocenters. The number of aryl methyl sites for hydroxylation is 1. The molecule has 2 aromatic rings. The van der Waals surface area contributed by atoms with Crippen LogP contribution in [0.25, 0.3) is 0 Å². The number of hydrogen-bond donors (Lipinski definition) is 1. The molecule has 0 aliphatic carbocycles. The number of imidazole rings is 1. The Kier molecular flexibility index (Phi) is 4.44. The lowest BCUT2D eigenvalue weighted by Gasteiger charge is -2.17. The molecule has 0 fully saturated rings. The van der Waals surface area contributed by atoms with Crippen molar-refractivity contribution >= 4 is 11.3 Å². The van der Waals surface area contributed by atoms with E-state index in [0.29, 0.717) is 22.8 Å². The molecule has 2 rings (SSSR count). The van der Waals surface area contributed by atoms with Crippen molar-refractivity contribution in [1.29, 1.82) is 0 Å². The molecule has 2 aromatic heterocycles. The summed E-state index contributed by atoms with van der Waals surface area (Å²) < 4.78 is 39.7. The van der Waals surface area contributed by atoms with E-state index < -0.39 is 11.2 Å². The molecule has 1 N–H and O–H groups in total. The van der Waals surface area contributed by atoms with Crippen LogP contribution in [0.15, 0.2) is 18.7 Å². The number of thiazole rings is 1. The Balaban J connectivity index is 2.32. The van der Waals surface area contributed by atoms with Crippen molar-refractivity contribution in [3.63, 3.8) is 0 Å². The zero-order valence-electron chi connectivity index (χ0n) is 11.1. The van der Waals surface area contributed by atoms with Crippen LogP contribution < -0.4 is 5.32 Å². The van der Waals surface area contributed by atoms with Crippen molar-refractivity contribution < 1.29 is 13.2 Å². The number of nitrogens with one attached hydrogen (secondary N) is 1. The van der Waals surface area contributed by atoms with Gasteiger partial charge in [0.25, 0.3) is 0 Å². The average molecular weight is 304 g/mol. The number of halogens is 3. The fourth-order valence-corrected chi connectivity index (χ4v) is 2.71. The molecule has 1 atom stereocenters. The first-order valence-corrected chi connectivity index (χ1v) is 6.97. The first-order valence-electron chi connectivity index (χ1n) is 6.16. The van der Waals surface area contributed by atoms with Crippen LogP contribution in [0, 0.1) is 0 Å². The van der Waals surface area contributed by atoms with Crippen LogP contribution in [-0.2, 0) is 13.2 Å². The maximum atomic E-state index is 12.6. The Hall–Kier alpha value is -1.41. The predicted molar refractivity (Wildman–Crippen MR) is 70.5 cm³/mol. The molecule has 2 heterocycles. The van der Waals surface area contributed by atoms with E-state index in [4.69, 9.17) is 0 Å². The molecule has 0 aromatic carbocycles. The lowest BCUT2D eigenvalue weighted by molar-refractivity contribution is -0.137. The quantitative estimate of drug-likeness (QED) is 0.923. The maximum absolute atomic E-state index is 12.6. The molecule has 4 nitrogen and oxygen atoms in total. The number of hydrogen-bond acceptors (Lipinski definition) is 4. The van der Waals surface area contributed by atoms with Gasteiger partial charge in [-0.05, 0) is 13.0 Å². The second kappa shape index (κ2) is 5.92. The summed E-state index contributed by atoms with van der Waals surface area (Å²) in [6.45, 7) is 2.70. The van der Waals surface area contributed by atoms with E-state index in [9.17, 15) is 13.2 Å². The van der Waals surface area contributed by atoms with Crippen LogP contribution in [0.4, 0.5) is 13.2 Å². The van der Waals surface area contributed by atoms with Gasteiger partial charge in [0, 0.05) is 18.1 Å². The van der Waals surface area contributed by atoms with E-state index in [1.807, 2.05) is 14.0 Å². The Labute approximate surface area is 118 Å². The third-order valence-electron chi connectivity index (χ3n) is 2.80. The fraction of sp³-hybridized carbons (Fsp3) is 0.500. The second-order valence-corrected chi connectivity index (χ2v) is 5.44. The van der Waals surface area contributed by atoms with Crippen LogP contribution in [0.3, 0.4) is 0 Å². The first kappa shape index (κ1) is 15.0. The van der Waals surface area contributed by atoms with Gasteiger partial charge in [0.2, 0.25) is 0 Å². The van der Waals surface area contributed by atoms with Crippen molar-refractivity contribution in [2.45, 2.75) is 25.6 Å². The van der Waals surface area contributed by atoms with Crippen LogP contribution in [0.2, 0.25) is 0 Å². The summed E-state index contributed by atoms with van der Waals surface area (Å²) in [5.74, 6) is 0. The Morgan fingerprint density at radius 1 is 1.40 bits per heavy atom. The average Bonchev–Trinajstić information content (AvgIpc) is 2.99. The van der Waals surface area contributed by atoms with Crippen molar-refractivity contribution in [3.05, 3.63) is 34.3 Å². The molecule has 8 heteroatoms. The zero-order valence-corrected chi connectivity index (χ0v) is 11.9. The van der Waals surface area contributed by atoms with Gasteiger partial charge in [-0.15, -0.1) is 11.3 Å². The van der Waals surface area contributed by atoms with E-state index in [1.54, 1.807) is 17.1 Å². The predicted octanol–water partition coefficient (Wildman–Crippen LogP) is 2.98. The molecule has 0 radical (unpaired) electrons. The van der Waals surface area contributed by atoms with Crippen LogP contribution >= 0.6 is 11.3 Å². The smallest absolute Gasteiger partial charge is 0.336 e. The SMILES string of the molecule is CCCNC(c1cnc(C(F)(F)F)s1)c1cncn1C. The van der Waals surface area contributed by atoms with Crippen LogP contribution in [0.5, 0.6) is 0 Å². The highest BCUT2D eigenvalue weighted by molar-refractivity contribution is 7.11. The molecule has 0 aliphatic rings. The number of aromatic nitrogens is 3. The van der Waals surface area contributed by atoms with Gasteiger partial charge in [-0.2, -0.15) is 13.2 Å². The van der Waals surface area contributed by atoms with Gasteiger partial charge in [0.15, 0.2) is 5.01 Å². The van der Waals surface area contributed by atoms with Gasteiger partial charge >= 0.3 is 6.18 Å². The highest BCUT2D eigenvalue weighted by Gasteiger charge is 2.35. The topological polar surface area (TPSA) is 42.7 Å². The lowest BCUT2D eigenvalue weighted by Crippen LogP contribution is -2.24. The third kappa shape index (κ3) is 3.18. The fourth-order valence-electron chi connectivity index (χ4n) is 1.84.